The Morgan fingerprint density at radius 3 is 2.31 bits per heavy atom. The summed E-state index contributed by atoms with van der Waals surface area (Å²) in [5.74, 6) is -1.55. The van der Waals surface area contributed by atoms with Crippen LogP contribution in [0.1, 0.15) is 29.7 Å². The number of aliphatic carboxylic acids is 1. The van der Waals surface area contributed by atoms with Gasteiger partial charge >= 0.3 is 18.3 Å². The number of carbonyl (C=O) groups excluding carboxylic acids is 1. The number of nitrogens with one attached hydrogen (secondary N) is 1. The topological polar surface area (TPSA) is 82.5 Å². The molecule has 6 nitrogen and oxygen atoms in total. The third-order valence-electron chi connectivity index (χ3n) is 4.56. The molecule has 0 aliphatic carbocycles. The lowest BCUT2D eigenvalue weighted by Crippen LogP contribution is -2.41. The number of benzene rings is 1. The molecule has 2 aromatic rings. The van der Waals surface area contributed by atoms with Gasteiger partial charge in [0.25, 0.3) is 5.91 Å². The number of carboxylic acid groups (broad SMARTS) is 1. The molecule has 0 bridgehead atoms. The average molecular weight is 535 g/mol. The van der Waals surface area contributed by atoms with Crippen molar-refractivity contribution >= 4 is 46.3 Å². The molecule has 0 saturated carbocycles. The molecule has 1 fully saturated rings. The third-order valence-corrected chi connectivity index (χ3v) is 5.87. The van der Waals surface area contributed by atoms with Crippen molar-refractivity contribution < 1.29 is 41.0 Å². The molecule has 14 heteroatoms. The van der Waals surface area contributed by atoms with E-state index in [1.165, 1.54) is 24.3 Å². The summed E-state index contributed by atoms with van der Waals surface area (Å²) in [7, 11) is 0. The van der Waals surface area contributed by atoms with Crippen LogP contribution >= 0.6 is 24.0 Å². The summed E-state index contributed by atoms with van der Waals surface area (Å²) >= 11 is 6.03. The average Bonchev–Trinajstić information content (AvgIpc) is 3.02. The second-order valence-corrected chi connectivity index (χ2v) is 8.84. The Hall–Kier alpha value is -2.97. The van der Waals surface area contributed by atoms with Gasteiger partial charge in [-0.1, -0.05) is 30.0 Å². The van der Waals surface area contributed by atoms with Crippen molar-refractivity contribution in [2.45, 2.75) is 25.2 Å². The number of carboxylic acids is 1. The Bertz CT molecular complexity index is 1170. The molecular weight excluding hydrogens is 520 g/mol. The number of hydrogen-bond donors (Lipinski definition) is 2. The first-order valence-corrected chi connectivity index (χ1v) is 11.0. The van der Waals surface area contributed by atoms with E-state index in [4.69, 9.17) is 17.3 Å². The lowest BCUT2D eigenvalue weighted by Gasteiger charge is -2.15. The van der Waals surface area contributed by atoms with E-state index >= 15 is 0 Å². The number of rotatable bonds is 7. The largest absolute Gasteiger partial charge is 0.481 e. The van der Waals surface area contributed by atoms with Crippen LogP contribution in [-0.2, 0) is 21.9 Å². The number of pyridine rings is 1. The van der Waals surface area contributed by atoms with Gasteiger partial charge in [-0.2, -0.15) is 26.3 Å². The monoisotopic (exact) mass is 535 g/mol. The predicted molar refractivity (Wildman–Crippen MR) is 120 cm³/mol. The Morgan fingerprint density at radius 1 is 1.11 bits per heavy atom. The van der Waals surface area contributed by atoms with E-state index in [1.807, 2.05) is 0 Å². The van der Waals surface area contributed by atoms with Gasteiger partial charge < -0.3 is 5.11 Å². The summed E-state index contributed by atoms with van der Waals surface area (Å²) in [6, 6.07) is 5.23. The Balaban J connectivity index is 1.88. The number of halogens is 6. The van der Waals surface area contributed by atoms with Crippen molar-refractivity contribution in [2.75, 3.05) is 6.54 Å². The quantitative estimate of drug-likeness (QED) is 0.214. The fourth-order valence-electron chi connectivity index (χ4n) is 2.96. The first-order valence-electron chi connectivity index (χ1n) is 9.76. The van der Waals surface area contributed by atoms with Crippen molar-refractivity contribution in [3.8, 4) is 11.3 Å². The van der Waals surface area contributed by atoms with Crippen LogP contribution < -0.4 is 5.43 Å². The van der Waals surface area contributed by atoms with Crippen LogP contribution in [0.4, 0.5) is 26.3 Å². The predicted octanol–water partition coefficient (Wildman–Crippen LogP) is 5.36. The normalized spacial score (nSPS) is 15.8. The molecule has 1 amide bonds. The van der Waals surface area contributed by atoms with E-state index in [0.29, 0.717) is 12.1 Å². The molecule has 2 N–H and O–H groups in total. The second kappa shape index (κ2) is 10.3. The van der Waals surface area contributed by atoms with Crippen molar-refractivity contribution in [3.63, 3.8) is 0 Å². The number of thioether (sulfide) groups is 1. The highest BCUT2D eigenvalue weighted by Crippen LogP contribution is 2.38. The maximum Gasteiger partial charge on any atom is 0.416 e. The van der Waals surface area contributed by atoms with Crippen LogP contribution in [0.25, 0.3) is 17.3 Å². The van der Waals surface area contributed by atoms with Gasteiger partial charge in [0.1, 0.15) is 0 Å². The summed E-state index contributed by atoms with van der Waals surface area (Å²) in [6.45, 7) is 0.164. The molecule has 186 valence electrons. The zero-order valence-electron chi connectivity index (χ0n) is 17.4. The molecule has 0 radical (unpaired) electrons. The zero-order valence-corrected chi connectivity index (χ0v) is 19.0. The lowest BCUT2D eigenvalue weighted by atomic mass is 10.0. The summed E-state index contributed by atoms with van der Waals surface area (Å²) in [6.07, 6.45) is -8.57. The fraction of sp³-hybridized carbons (Fsp3) is 0.238. The van der Waals surface area contributed by atoms with E-state index in [9.17, 15) is 35.9 Å². The Labute approximate surface area is 204 Å². The van der Waals surface area contributed by atoms with E-state index in [2.05, 4.69) is 10.4 Å². The molecule has 35 heavy (non-hydrogen) atoms. The van der Waals surface area contributed by atoms with Gasteiger partial charge in [0.15, 0.2) is 4.32 Å². The van der Waals surface area contributed by atoms with E-state index in [0.717, 1.165) is 16.8 Å². The van der Waals surface area contributed by atoms with Gasteiger partial charge in [-0.05, 0) is 42.8 Å². The number of carbonyl (C=O) groups is 2. The maximum atomic E-state index is 13.2. The highest BCUT2D eigenvalue weighted by molar-refractivity contribution is 8.26. The van der Waals surface area contributed by atoms with Gasteiger partial charge in [-0.3, -0.25) is 9.59 Å². The minimum Gasteiger partial charge on any atom is -0.481 e. The molecule has 0 spiro atoms. The van der Waals surface area contributed by atoms with Crippen LogP contribution in [0.2, 0.25) is 0 Å². The molecule has 1 aliphatic heterocycles. The van der Waals surface area contributed by atoms with Gasteiger partial charge in [0, 0.05) is 18.5 Å². The van der Waals surface area contributed by atoms with Gasteiger partial charge in [0.2, 0.25) is 0 Å². The molecule has 3 rings (SSSR count). The summed E-state index contributed by atoms with van der Waals surface area (Å²) in [5.41, 5.74) is -0.660. The SMILES string of the molecule is O=C(O)CCCNN1C(=O)C(=Cc2cccc(-c3cc(C(F)(F)F)cc(C(F)(F)F)c3)n2)SC1=S. The van der Waals surface area contributed by atoms with Gasteiger partial charge in [-0.15, -0.1) is 0 Å². The fourth-order valence-corrected chi connectivity index (χ4v) is 4.17. The first-order chi connectivity index (χ1) is 16.3. The van der Waals surface area contributed by atoms with Crippen LogP contribution in [-0.4, -0.2) is 37.8 Å². The van der Waals surface area contributed by atoms with Gasteiger partial charge in [0.05, 0.1) is 27.4 Å². The third kappa shape index (κ3) is 6.80. The number of aromatic nitrogens is 1. The lowest BCUT2D eigenvalue weighted by molar-refractivity contribution is -0.143. The molecule has 1 aromatic carbocycles. The number of nitrogens with zero attached hydrogens (tertiary/aromatic N) is 2. The van der Waals surface area contributed by atoms with E-state index in [1.54, 1.807) is 0 Å². The number of alkyl halides is 6. The highest BCUT2D eigenvalue weighted by Gasteiger charge is 2.37. The molecule has 1 aliphatic rings. The van der Waals surface area contributed by atoms with Gasteiger partial charge in [-0.25, -0.2) is 15.4 Å². The maximum absolute atomic E-state index is 13.2. The van der Waals surface area contributed by atoms with Crippen molar-refractivity contribution in [3.05, 3.63) is 58.1 Å². The first kappa shape index (κ1) is 26.6. The van der Waals surface area contributed by atoms with Crippen LogP contribution in [0.5, 0.6) is 0 Å². The molecule has 0 atom stereocenters. The van der Waals surface area contributed by atoms with Crippen LogP contribution in [0, 0.1) is 0 Å². The number of hydrazine groups is 1. The summed E-state index contributed by atoms with van der Waals surface area (Å²) in [5, 5.41) is 9.72. The summed E-state index contributed by atoms with van der Waals surface area (Å²) < 4.78 is 79.2. The minimum absolute atomic E-state index is 0.0299. The van der Waals surface area contributed by atoms with Crippen molar-refractivity contribution in [2.24, 2.45) is 0 Å². The molecule has 1 aromatic heterocycles. The zero-order chi connectivity index (χ0) is 26.0. The molecule has 2 heterocycles. The molecule has 1 saturated heterocycles. The van der Waals surface area contributed by atoms with E-state index in [-0.39, 0.29) is 46.1 Å². The minimum atomic E-state index is -5.00. The smallest absolute Gasteiger partial charge is 0.416 e. The number of hydrogen-bond acceptors (Lipinski definition) is 6. The Morgan fingerprint density at radius 2 is 1.74 bits per heavy atom. The molecule has 0 unspecified atom stereocenters. The number of thiocarbonyl (C=S) groups is 1. The summed E-state index contributed by atoms with van der Waals surface area (Å²) in [4.78, 5) is 27.4. The van der Waals surface area contributed by atoms with Crippen molar-refractivity contribution in [1.82, 2.24) is 15.4 Å². The Kier molecular flexibility index (Phi) is 7.87. The van der Waals surface area contributed by atoms with Crippen LogP contribution in [0.15, 0.2) is 41.3 Å². The molecular formula is C21H15F6N3O3S2. The highest BCUT2D eigenvalue weighted by atomic mass is 32.2. The number of amides is 1. The van der Waals surface area contributed by atoms with Crippen LogP contribution in [0.3, 0.4) is 0 Å². The van der Waals surface area contributed by atoms with E-state index < -0.39 is 40.9 Å². The second-order valence-electron chi connectivity index (χ2n) is 7.16. The standard InChI is InChI=1S/C21H15F6N3O3S2/c22-20(23,24)12-7-11(8-13(9-12)21(25,26)27)15-4-1-3-14(29-15)10-16-18(33)30(19(34)35-16)28-6-2-5-17(31)32/h1,3-4,7-10,28H,2,5-6H2,(H,31,32). The van der Waals surface area contributed by atoms with Crippen molar-refractivity contribution in [1.29, 1.82) is 0 Å².